The Morgan fingerprint density at radius 2 is 1.87 bits per heavy atom. The van der Waals surface area contributed by atoms with Crippen molar-refractivity contribution >= 4 is 5.97 Å². The molecule has 10 N–H and O–H groups in total. The van der Waals surface area contributed by atoms with Crippen molar-refractivity contribution in [2.24, 2.45) is 5.73 Å². The quantitative estimate of drug-likeness (QED) is 0.152. The van der Waals surface area contributed by atoms with Crippen molar-refractivity contribution in [1.29, 1.82) is 0 Å². The minimum Gasteiger partial charge on any atom is -0.478 e. The lowest BCUT2D eigenvalue weighted by Crippen LogP contribution is -2.75. The molecule has 6 atom stereocenters. The minimum atomic E-state index is -2.90. The van der Waals surface area contributed by atoms with Crippen molar-refractivity contribution < 1.29 is 45.3 Å². The third kappa shape index (κ3) is 4.35. The first-order chi connectivity index (χ1) is 10.6. The Hall–Kier alpha value is -0.890. The summed E-state index contributed by atoms with van der Waals surface area (Å²) in [6, 6.07) is 0. The van der Waals surface area contributed by atoms with Crippen molar-refractivity contribution in [2.75, 3.05) is 13.2 Å². The van der Waals surface area contributed by atoms with Gasteiger partial charge in [0.2, 0.25) is 5.72 Å². The van der Waals surface area contributed by atoms with E-state index in [0.29, 0.717) is 6.42 Å². The molecule has 0 bridgehead atoms. The molecular formula is C12H24N2O9. The third-order valence-corrected chi connectivity index (χ3v) is 3.70. The minimum absolute atomic E-state index is 0.188. The highest BCUT2D eigenvalue weighted by atomic mass is 16.7. The molecule has 1 rings (SSSR count). The van der Waals surface area contributed by atoms with E-state index in [1.165, 1.54) is 0 Å². The Morgan fingerprint density at radius 1 is 1.26 bits per heavy atom. The molecule has 0 aliphatic carbocycles. The van der Waals surface area contributed by atoms with Gasteiger partial charge in [-0.25, -0.2) is 10.1 Å². The Labute approximate surface area is 131 Å². The third-order valence-electron chi connectivity index (χ3n) is 3.70. The Morgan fingerprint density at radius 3 is 2.35 bits per heavy atom. The van der Waals surface area contributed by atoms with Crippen LogP contribution in [0.3, 0.4) is 0 Å². The average Bonchev–Trinajstić information content (AvgIpc) is 2.49. The van der Waals surface area contributed by atoms with Crippen LogP contribution in [0.5, 0.6) is 0 Å². The molecule has 0 saturated carbocycles. The van der Waals surface area contributed by atoms with Gasteiger partial charge in [-0.2, -0.15) is 0 Å². The number of carbonyl (C=O) groups is 1. The molecule has 0 amide bonds. The summed E-state index contributed by atoms with van der Waals surface area (Å²) in [4.78, 5) is 11.3. The Balaban J connectivity index is 2.97. The van der Waals surface area contributed by atoms with E-state index < -0.39 is 48.6 Å². The number of nitrogens with two attached hydrogens (primary N) is 1. The summed E-state index contributed by atoms with van der Waals surface area (Å²) < 4.78 is 4.86. The van der Waals surface area contributed by atoms with Crippen LogP contribution < -0.4 is 11.1 Å². The number of carboxylic acid groups (broad SMARTS) is 1. The van der Waals surface area contributed by atoms with Crippen LogP contribution in [0, 0.1) is 0 Å². The summed E-state index contributed by atoms with van der Waals surface area (Å²) in [6.07, 6.45) is -7.13. The van der Waals surface area contributed by atoms with Gasteiger partial charge in [0.15, 0.2) is 6.10 Å². The molecular weight excluding hydrogens is 316 g/mol. The van der Waals surface area contributed by atoms with Crippen LogP contribution in [0.15, 0.2) is 0 Å². The first-order valence-corrected chi connectivity index (χ1v) is 7.11. The van der Waals surface area contributed by atoms with E-state index in [1.807, 2.05) is 5.32 Å². The van der Waals surface area contributed by atoms with E-state index in [4.69, 9.17) is 20.7 Å². The second-order valence-corrected chi connectivity index (χ2v) is 5.50. The lowest BCUT2D eigenvalue weighted by molar-refractivity contribution is -0.374. The van der Waals surface area contributed by atoms with Crippen LogP contribution in [-0.2, 0) is 9.53 Å². The summed E-state index contributed by atoms with van der Waals surface area (Å²) in [6.45, 7) is -0.565. The highest BCUT2D eigenvalue weighted by molar-refractivity contribution is 5.76. The van der Waals surface area contributed by atoms with Crippen molar-refractivity contribution in [1.82, 2.24) is 5.32 Å². The van der Waals surface area contributed by atoms with Crippen LogP contribution in [-0.4, -0.2) is 90.9 Å². The molecule has 6 unspecified atom stereocenters. The van der Waals surface area contributed by atoms with E-state index in [0.717, 1.165) is 0 Å². The molecule has 136 valence electrons. The van der Waals surface area contributed by atoms with Gasteiger partial charge >= 0.3 is 5.97 Å². The Kier molecular flexibility index (Phi) is 6.82. The van der Waals surface area contributed by atoms with Crippen molar-refractivity contribution in [2.45, 2.75) is 55.3 Å². The topological polar surface area (TPSA) is 206 Å². The predicted octanol–water partition coefficient (Wildman–Crippen LogP) is -4.40. The number of unbranched alkanes of at least 4 members (excludes halogenated alkanes) is 1. The van der Waals surface area contributed by atoms with Crippen molar-refractivity contribution in [3.63, 3.8) is 0 Å². The normalized spacial score (nSPS) is 37.3. The maximum atomic E-state index is 11.3. The largest absolute Gasteiger partial charge is 0.478 e. The van der Waals surface area contributed by atoms with Gasteiger partial charge in [-0.1, -0.05) is 0 Å². The van der Waals surface area contributed by atoms with Crippen molar-refractivity contribution in [3.05, 3.63) is 0 Å². The highest BCUT2D eigenvalue weighted by Gasteiger charge is 2.56. The molecule has 0 spiro atoms. The molecule has 0 aromatic heterocycles. The fraction of sp³-hybridized carbons (Fsp3) is 0.917. The van der Waals surface area contributed by atoms with E-state index >= 15 is 0 Å². The van der Waals surface area contributed by atoms with Crippen LogP contribution in [0.25, 0.3) is 0 Å². The van der Waals surface area contributed by atoms with Gasteiger partial charge in [-0.15, -0.1) is 0 Å². The van der Waals surface area contributed by atoms with E-state index in [9.17, 15) is 30.3 Å². The fourth-order valence-electron chi connectivity index (χ4n) is 2.30. The summed E-state index contributed by atoms with van der Waals surface area (Å²) in [7, 11) is 0. The summed E-state index contributed by atoms with van der Waals surface area (Å²) in [5, 5.41) is 69.6. The lowest BCUT2D eigenvalue weighted by Gasteiger charge is -2.47. The van der Waals surface area contributed by atoms with Crippen LogP contribution in [0.4, 0.5) is 0 Å². The number of rotatable bonds is 8. The van der Waals surface area contributed by atoms with Crippen LogP contribution in [0.2, 0.25) is 0 Å². The van der Waals surface area contributed by atoms with Gasteiger partial charge in [0.1, 0.15) is 18.3 Å². The van der Waals surface area contributed by atoms with Gasteiger partial charge in [-0.3, -0.25) is 0 Å². The van der Waals surface area contributed by atoms with Gasteiger partial charge in [0.05, 0.1) is 6.61 Å². The molecule has 11 heteroatoms. The monoisotopic (exact) mass is 340 g/mol. The number of ether oxygens (including phenoxy) is 1. The van der Waals surface area contributed by atoms with Gasteiger partial charge < -0.3 is 46.2 Å². The highest BCUT2D eigenvalue weighted by Crippen LogP contribution is 2.29. The maximum absolute atomic E-state index is 11.3. The molecule has 1 heterocycles. The zero-order valence-electron chi connectivity index (χ0n) is 12.4. The zero-order valence-corrected chi connectivity index (χ0v) is 12.4. The molecule has 1 aliphatic heterocycles. The fourth-order valence-corrected chi connectivity index (χ4v) is 2.30. The van der Waals surface area contributed by atoms with E-state index in [1.54, 1.807) is 0 Å². The average molecular weight is 340 g/mol. The number of aliphatic hydroxyl groups is 6. The predicted molar refractivity (Wildman–Crippen MR) is 73.6 cm³/mol. The van der Waals surface area contributed by atoms with Crippen LogP contribution in [0.1, 0.15) is 19.3 Å². The van der Waals surface area contributed by atoms with Crippen molar-refractivity contribution in [3.8, 4) is 0 Å². The number of carboxylic acids is 1. The number of aliphatic carboxylic acids is 1. The smallest absolute Gasteiger partial charge is 0.351 e. The Bertz CT molecular complexity index is 410. The second-order valence-electron chi connectivity index (χ2n) is 5.50. The van der Waals surface area contributed by atoms with Gasteiger partial charge in [0, 0.05) is 6.42 Å². The molecule has 11 nitrogen and oxygen atoms in total. The first kappa shape index (κ1) is 20.2. The maximum Gasteiger partial charge on any atom is 0.351 e. The molecule has 0 radical (unpaired) electrons. The van der Waals surface area contributed by atoms with E-state index in [2.05, 4.69) is 0 Å². The molecule has 23 heavy (non-hydrogen) atoms. The number of hydrogen-bond acceptors (Lipinski definition) is 10. The van der Waals surface area contributed by atoms with Gasteiger partial charge in [-0.05, 0) is 19.4 Å². The second kappa shape index (κ2) is 7.79. The number of hydrogen-bond donors (Lipinski definition) is 9. The summed E-state index contributed by atoms with van der Waals surface area (Å²) in [5.74, 6) is -4.65. The van der Waals surface area contributed by atoms with E-state index in [-0.39, 0.29) is 19.4 Å². The van der Waals surface area contributed by atoms with Gasteiger partial charge in [0.25, 0.3) is 5.91 Å². The zero-order chi connectivity index (χ0) is 17.8. The molecule has 1 saturated heterocycles. The summed E-state index contributed by atoms with van der Waals surface area (Å²) >= 11 is 0. The molecule has 0 aromatic carbocycles. The SMILES string of the molecule is NCCCCC(O)(NC1(O)OC(CO)C(O)C(O)C1O)C(=O)O. The first-order valence-electron chi connectivity index (χ1n) is 7.11. The molecule has 0 aromatic rings. The lowest BCUT2D eigenvalue weighted by atomic mass is 9.95. The molecule has 1 fully saturated rings. The number of nitrogens with one attached hydrogen (secondary N) is 1. The molecule has 1 aliphatic rings. The number of aliphatic hydroxyl groups excluding tert-OH is 4. The standard InChI is InChI=1S/C12H24N2O9/c13-4-2-1-3-11(21,10(19)20)14-12(22)9(18)8(17)7(16)6(5-15)23-12/h6-9,14-18,21-22H,1-5,13H2,(H,19,20). The van der Waals surface area contributed by atoms with Crippen LogP contribution >= 0.6 is 0 Å². The summed E-state index contributed by atoms with van der Waals surface area (Å²) in [5.41, 5.74) is 2.60.